The number of ether oxygens (including phenoxy) is 2. The molecule has 212 valence electrons. The standard InChI is InChI=1S/C32H39N3O5/c1-4-23-27(35(17-20-5-6-20)22-9-11-39-12-10-22)15-30-24(14-28(40-30)21-7-8-21)31(23)32(37)33-16-25-26(18-36)34-19(2)13-29(25)38-3/h13-15,20-22,34H,4-12,16-17H2,1-3H3,(H,33,37). The minimum atomic E-state index is -0.176. The quantitative estimate of drug-likeness (QED) is 0.400. The second kappa shape index (κ2) is 11.2. The Labute approximate surface area is 235 Å². The van der Waals surface area contributed by atoms with Gasteiger partial charge in [0.2, 0.25) is 0 Å². The van der Waals surface area contributed by atoms with Gasteiger partial charge < -0.3 is 29.4 Å². The van der Waals surface area contributed by atoms with E-state index in [2.05, 4.69) is 34.6 Å². The van der Waals surface area contributed by atoms with Crippen LogP contribution in [0.15, 0.2) is 45.4 Å². The van der Waals surface area contributed by atoms with Crippen molar-refractivity contribution in [2.24, 2.45) is 5.92 Å². The summed E-state index contributed by atoms with van der Waals surface area (Å²) in [7, 11) is 1.56. The van der Waals surface area contributed by atoms with E-state index >= 15 is 0 Å². The first-order valence-corrected chi connectivity index (χ1v) is 14.7. The average Bonchev–Trinajstić information content (AvgIpc) is 3.92. The number of nitrogens with one attached hydrogen (secondary N) is 2. The molecule has 4 aliphatic rings. The lowest BCUT2D eigenvalue weighted by atomic mass is 9.95. The van der Waals surface area contributed by atoms with E-state index in [1.165, 1.54) is 12.8 Å². The van der Waals surface area contributed by atoms with Gasteiger partial charge in [0.25, 0.3) is 5.91 Å². The van der Waals surface area contributed by atoms with Gasteiger partial charge in [-0.2, -0.15) is 0 Å². The molecule has 1 aromatic heterocycles. The van der Waals surface area contributed by atoms with Crippen molar-refractivity contribution in [1.29, 1.82) is 0 Å². The fourth-order valence-electron chi connectivity index (χ4n) is 6.11. The first kappa shape index (κ1) is 26.7. The Morgan fingerprint density at radius 3 is 2.60 bits per heavy atom. The van der Waals surface area contributed by atoms with E-state index in [-0.39, 0.29) is 18.1 Å². The second-order valence-electron chi connectivity index (χ2n) is 11.5. The molecule has 2 saturated carbocycles. The maximum absolute atomic E-state index is 14.1. The van der Waals surface area contributed by atoms with Gasteiger partial charge in [0.1, 0.15) is 22.8 Å². The number of hydrogen-bond donors (Lipinski definition) is 2. The molecule has 8 heteroatoms. The molecule has 0 unspecified atom stereocenters. The summed E-state index contributed by atoms with van der Waals surface area (Å²) in [5, 5.41) is 7.01. The van der Waals surface area contributed by atoms with Crippen molar-refractivity contribution in [3.05, 3.63) is 57.8 Å². The number of benzene rings is 1. The van der Waals surface area contributed by atoms with E-state index in [1.807, 2.05) is 18.9 Å². The number of nitrogens with zero attached hydrogens (tertiary/aromatic N) is 1. The Balaban J connectivity index is 1.41. The van der Waals surface area contributed by atoms with Gasteiger partial charge in [0, 0.05) is 66.7 Å². The van der Waals surface area contributed by atoms with Crippen LogP contribution in [-0.2, 0) is 20.7 Å². The number of anilines is 1. The number of allylic oxidation sites excluding steroid dienone is 2. The van der Waals surface area contributed by atoms with E-state index < -0.39 is 0 Å². The molecule has 0 radical (unpaired) electrons. The molecule has 1 saturated heterocycles. The summed E-state index contributed by atoms with van der Waals surface area (Å²) < 4.78 is 17.7. The van der Waals surface area contributed by atoms with Gasteiger partial charge in [-0.25, -0.2) is 4.79 Å². The number of rotatable bonds is 10. The van der Waals surface area contributed by atoms with E-state index in [4.69, 9.17) is 13.9 Å². The van der Waals surface area contributed by atoms with Crippen molar-refractivity contribution < 1.29 is 23.5 Å². The van der Waals surface area contributed by atoms with Crippen molar-refractivity contribution in [2.75, 3.05) is 38.3 Å². The topological polar surface area (TPSA) is 93.0 Å². The summed E-state index contributed by atoms with van der Waals surface area (Å²) in [6.07, 6.45) is 9.27. The van der Waals surface area contributed by atoms with Crippen LogP contribution in [0.4, 0.5) is 5.69 Å². The van der Waals surface area contributed by atoms with Crippen molar-refractivity contribution in [3.63, 3.8) is 0 Å². The van der Waals surface area contributed by atoms with Crippen molar-refractivity contribution >= 4 is 28.5 Å². The molecule has 2 aromatic rings. The molecule has 0 bridgehead atoms. The summed E-state index contributed by atoms with van der Waals surface area (Å²) in [6, 6.07) is 4.64. The number of dihydropyridines is 1. The van der Waals surface area contributed by atoms with Crippen LogP contribution >= 0.6 is 0 Å². The Hall–Kier alpha value is -3.48. The minimum absolute atomic E-state index is 0.136. The summed E-state index contributed by atoms with van der Waals surface area (Å²) in [5.74, 6) is 4.43. The smallest absolute Gasteiger partial charge is 0.252 e. The molecule has 6 rings (SSSR count). The van der Waals surface area contributed by atoms with Gasteiger partial charge >= 0.3 is 0 Å². The highest BCUT2D eigenvalue weighted by molar-refractivity contribution is 6.09. The molecule has 0 spiro atoms. The SMILES string of the molecule is CCc1c(N(CC2CC2)C2CCOCC2)cc2oc(C3CC3)cc2c1C(=O)NCC1=C(OC)C=C(C)NC1=C=O. The van der Waals surface area contributed by atoms with Crippen LogP contribution in [0.1, 0.15) is 80.0 Å². The van der Waals surface area contributed by atoms with Crippen LogP contribution in [0, 0.1) is 5.92 Å². The van der Waals surface area contributed by atoms with E-state index in [0.717, 1.165) is 85.5 Å². The number of methoxy groups -OCH3 is 1. The fourth-order valence-corrected chi connectivity index (χ4v) is 6.11. The average molecular weight is 546 g/mol. The van der Waals surface area contributed by atoms with Gasteiger partial charge in [-0.15, -0.1) is 0 Å². The normalized spacial score (nSPS) is 19.8. The summed E-state index contributed by atoms with van der Waals surface area (Å²) in [5.41, 5.74) is 5.23. The molecule has 2 aliphatic heterocycles. The molecular formula is C32H39N3O5. The van der Waals surface area contributed by atoms with Crippen LogP contribution in [-0.4, -0.2) is 51.3 Å². The predicted molar refractivity (Wildman–Crippen MR) is 154 cm³/mol. The van der Waals surface area contributed by atoms with Gasteiger partial charge in [-0.05, 0) is 75.5 Å². The van der Waals surface area contributed by atoms with Gasteiger partial charge in [0.05, 0.1) is 12.7 Å². The Morgan fingerprint density at radius 1 is 1.18 bits per heavy atom. The molecule has 0 atom stereocenters. The zero-order valence-electron chi connectivity index (χ0n) is 23.7. The molecule has 2 aliphatic carbocycles. The van der Waals surface area contributed by atoms with Gasteiger partial charge in [-0.3, -0.25) is 4.79 Å². The predicted octanol–water partition coefficient (Wildman–Crippen LogP) is 5.12. The van der Waals surface area contributed by atoms with Crippen LogP contribution < -0.4 is 15.5 Å². The number of amides is 1. The van der Waals surface area contributed by atoms with Crippen LogP contribution in [0.2, 0.25) is 0 Å². The highest BCUT2D eigenvalue weighted by Crippen LogP contribution is 2.45. The molecule has 8 nitrogen and oxygen atoms in total. The number of hydrogen-bond acceptors (Lipinski definition) is 7. The second-order valence-corrected chi connectivity index (χ2v) is 11.5. The maximum atomic E-state index is 14.1. The minimum Gasteiger partial charge on any atom is -0.496 e. The summed E-state index contributed by atoms with van der Waals surface area (Å²) in [4.78, 5) is 28.4. The largest absolute Gasteiger partial charge is 0.496 e. The zero-order chi connectivity index (χ0) is 27.8. The number of carbonyl (C=O) groups excluding carboxylic acids is 2. The molecule has 1 amide bonds. The highest BCUT2D eigenvalue weighted by atomic mass is 16.5. The maximum Gasteiger partial charge on any atom is 0.252 e. The van der Waals surface area contributed by atoms with Crippen molar-refractivity contribution in [2.45, 2.75) is 70.8 Å². The van der Waals surface area contributed by atoms with E-state index in [9.17, 15) is 9.59 Å². The first-order chi connectivity index (χ1) is 19.5. The van der Waals surface area contributed by atoms with E-state index in [1.54, 1.807) is 7.11 Å². The summed E-state index contributed by atoms with van der Waals surface area (Å²) in [6.45, 7) is 6.64. The monoisotopic (exact) mass is 545 g/mol. The van der Waals surface area contributed by atoms with Crippen LogP contribution in [0.3, 0.4) is 0 Å². The molecular weight excluding hydrogens is 506 g/mol. The van der Waals surface area contributed by atoms with E-state index in [0.29, 0.717) is 34.8 Å². The lowest BCUT2D eigenvalue weighted by Crippen LogP contribution is -2.41. The molecule has 1 aromatic carbocycles. The van der Waals surface area contributed by atoms with Crippen molar-refractivity contribution in [3.8, 4) is 0 Å². The number of carbonyl (C=O) groups is 1. The third-order valence-corrected chi connectivity index (χ3v) is 8.60. The molecule has 2 N–H and O–H groups in total. The molecule has 3 heterocycles. The highest BCUT2D eigenvalue weighted by Gasteiger charge is 2.34. The third-order valence-electron chi connectivity index (χ3n) is 8.60. The number of fused-ring (bicyclic) bond motifs is 1. The van der Waals surface area contributed by atoms with Crippen LogP contribution in [0.25, 0.3) is 11.0 Å². The lowest BCUT2D eigenvalue weighted by molar-refractivity contribution is 0.0841. The summed E-state index contributed by atoms with van der Waals surface area (Å²) >= 11 is 0. The zero-order valence-corrected chi connectivity index (χ0v) is 23.7. The third kappa shape index (κ3) is 5.30. The van der Waals surface area contributed by atoms with Gasteiger partial charge in [-0.1, -0.05) is 6.92 Å². The molecule has 40 heavy (non-hydrogen) atoms. The number of furan rings is 1. The lowest BCUT2D eigenvalue weighted by Gasteiger charge is -2.38. The first-order valence-electron chi connectivity index (χ1n) is 14.7. The Kier molecular flexibility index (Phi) is 7.47. The van der Waals surface area contributed by atoms with Gasteiger partial charge in [0.15, 0.2) is 5.94 Å². The molecule has 3 fully saturated rings. The van der Waals surface area contributed by atoms with Crippen LogP contribution in [0.5, 0.6) is 0 Å². The fraction of sp³-hybridized carbons (Fsp3) is 0.531. The van der Waals surface area contributed by atoms with Crippen molar-refractivity contribution in [1.82, 2.24) is 10.6 Å². The Bertz CT molecular complexity index is 1420. The Morgan fingerprint density at radius 2 is 1.95 bits per heavy atom.